The van der Waals surface area contributed by atoms with Gasteiger partial charge in [-0.15, -0.1) is 0 Å². The normalized spacial score (nSPS) is 13.8. The second kappa shape index (κ2) is 14.5. The van der Waals surface area contributed by atoms with Crippen LogP contribution in [0.3, 0.4) is 0 Å². The molecule has 0 saturated heterocycles. The molecule has 3 rings (SSSR count). The van der Waals surface area contributed by atoms with Crippen LogP contribution in [-0.2, 0) is 40.8 Å². The van der Waals surface area contributed by atoms with Crippen molar-refractivity contribution in [3.05, 3.63) is 83.7 Å². The van der Waals surface area contributed by atoms with Gasteiger partial charge >= 0.3 is 12.1 Å². The van der Waals surface area contributed by atoms with Gasteiger partial charge in [-0.3, -0.25) is 9.69 Å². The Morgan fingerprint density at radius 3 is 2.04 bits per heavy atom. The Balaban J connectivity index is 2.14. The first-order chi connectivity index (χ1) is 21.7. The van der Waals surface area contributed by atoms with Crippen molar-refractivity contribution in [3.8, 4) is 0 Å². The summed E-state index contributed by atoms with van der Waals surface area (Å²) in [6, 6.07) is 16.9. The van der Waals surface area contributed by atoms with Crippen LogP contribution in [0, 0.1) is 0 Å². The Kier molecular flexibility index (Phi) is 11.6. The molecule has 47 heavy (non-hydrogen) atoms. The molecule has 1 aromatic carbocycles. The molecule has 2 aromatic heterocycles. The van der Waals surface area contributed by atoms with E-state index in [1.54, 1.807) is 59.7 Å². The van der Waals surface area contributed by atoms with Crippen molar-refractivity contribution in [3.63, 3.8) is 0 Å². The fourth-order valence-electron chi connectivity index (χ4n) is 5.02. The molecule has 0 bridgehead atoms. The highest BCUT2D eigenvalue weighted by atomic mass is 32.2. The Labute approximate surface area is 280 Å². The number of hydrogen-bond acceptors (Lipinski definition) is 9. The van der Waals surface area contributed by atoms with Gasteiger partial charge in [-0.25, -0.2) is 23.2 Å². The van der Waals surface area contributed by atoms with Crippen LogP contribution < -0.4 is 10.6 Å². The van der Waals surface area contributed by atoms with Crippen LogP contribution in [0.25, 0.3) is 0 Å². The number of esters is 1. The van der Waals surface area contributed by atoms with E-state index in [1.165, 1.54) is 24.4 Å². The predicted molar refractivity (Wildman–Crippen MR) is 184 cm³/mol. The smallest absolute Gasteiger partial charge is 0.416 e. The number of nitrogens with zero attached hydrogens (tertiary/aromatic N) is 3. The summed E-state index contributed by atoms with van der Waals surface area (Å²) < 4.78 is 39.7. The number of benzene rings is 1. The van der Waals surface area contributed by atoms with Crippen LogP contribution in [0.4, 0.5) is 10.6 Å². The van der Waals surface area contributed by atoms with Crippen molar-refractivity contribution in [2.75, 3.05) is 11.4 Å². The molecule has 1 amide bonds. The Morgan fingerprint density at radius 1 is 0.851 bits per heavy atom. The number of hydrogen-bond donors (Lipinski definition) is 1. The predicted octanol–water partition coefficient (Wildman–Crippen LogP) is 6.86. The van der Waals surface area contributed by atoms with Crippen LogP contribution in [0.1, 0.15) is 98.4 Å². The average molecular weight is 667 g/mol. The topological polar surface area (TPSA) is 142 Å². The molecule has 0 aliphatic heterocycles. The standard InChI is InChI=1S/C36H50N4O6S/c1-10-11-22-35(8,9)27-20-18-26(19-21-27)24-36(37,47(43,44)30-17-12-13-23-38-30)28-15-14-16-29(39-28)40(32(42)46-34(5,6)7)25-31(41)45-33(2,3)4/h12-21,23H,10-11,22,24-25,37H2,1-9H3. The monoisotopic (exact) mass is 666 g/mol. The quantitative estimate of drug-likeness (QED) is 0.205. The molecule has 1 unspecified atom stereocenters. The Hall–Kier alpha value is -3.83. The largest absolute Gasteiger partial charge is 0.459 e. The summed E-state index contributed by atoms with van der Waals surface area (Å²) in [6.45, 7) is 16.3. The molecule has 0 saturated carbocycles. The van der Waals surface area contributed by atoms with E-state index in [0.29, 0.717) is 5.56 Å². The van der Waals surface area contributed by atoms with Gasteiger partial charge in [0.15, 0.2) is 9.90 Å². The number of carbonyl (C=O) groups excluding carboxylic acids is 2. The van der Waals surface area contributed by atoms with Gasteiger partial charge < -0.3 is 15.2 Å². The van der Waals surface area contributed by atoms with Gasteiger partial charge in [-0.1, -0.05) is 70.0 Å². The lowest BCUT2D eigenvalue weighted by molar-refractivity contribution is -0.153. The molecule has 2 N–H and O–H groups in total. The van der Waals surface area contributed by atoms with Gasteiger partial charge in [0, 0.05) is 12.6 Å². The van der Waals surface area contributed by atoms with E-state index in [9.17, 15) is 18.0 Å². The molecule has 0 aliphatic carbocycles. The van der Waals surface area contributed by atoms with E-state index in [4.69, 9.17) is 15.2 Å². The summed E-state index contributed by atoms with van der Waals surface area (Å²) in [5.41, 5.74) is 6.99. The number of pyridine rings is 2. The third-order valence-electron chi connectivity index (χ3n) is 7.52. The van der Waals surface area contributed by atoms with Crippen molar-refractivity contribution in [1.82, 2.24) is 9.97 Å². The third-order valence-corrected chi connectivity index (χ3v) is 9.62. The number of rotatable bonds is 12. The maximum atomic E-state index is 14.3. The fraction of sp³-hybridized carbons (Fsp3) is 0.500. The fourth-order valence-corrected chi connectivity index (χ4v) is 6.60. The maximum Gasteiger partial charge on any atom is 0.416 e. The molecule has 0 aliphatic rings. The second-order valence-electron chi connectivity index (χ2n) is 14.5. The first-order valence-electron chi connectivity index (χ1n) is 15.9. The molecular formula is C36H50N4O6S. The number of nitrogens with two attached hydrogens (primary N) is 1. The lowest BCUT2D eigenvalue weighted by atomic mass is 9.80. The van der Waals surface area contributed by atoms with Crippen molar-refractivity contribution >= 4 is 27.7 Å². The summed E-state index contributed by atoms with van der Waals surface area (Å²) in [4.78, 5) is 33.9. The molecule has 0 spiro atoms. The van der Waals surface area contributed by atoms with Crippen LogP contribution in [-0.4, -0.2) is 48.2 Å². The highest BCUT2D eigenvalue weighted by Crippen LogP contribution is 2.35. The Bertz CT molecular complexity index is 1630. The summed E-state index contributed by atoms with van der Waals surface area (Å²) in [7, 11) is -4.36. The summed E-state index contributed by atoms with van der Waals surface area (Å²) in [6.07, 6.45) is 3.60. The second-order valence-corrected chi connectivity index (χ2v) is 16.6. The average Bonchev–Trinajstić information content (AvgIpc) is 2.97. The highest BCUT2D eigenvalue weighted by Gasteiger charge is 2.46. The third kappa shape index (κ3) is 9.84. The van der Waals surface area contributed by atoms with Crippen molar-refractivity contribution in [2.45, 2.75) is 115 Å². The van der Waals surface area contributed by atoms with Gasteiger partial charge in [0.25, 0.3) is 0 Å². The molecular weight excluding hydrogens is 616 g/mol. The van der Waals surface area contributed by atoms with E-state index in [2.05, 4.69) is 30.7 Å². The zero-order chi connectivity index (χ0) is 35.3. The summed E-state index contributed by atoms with van der Waals surface area (Å²) in [5, 5.41) is -0.218. The van der Waals surface area contributed by atoms with Crippen molar-refractivity contribution in [2.24, 2.45) is 5.73 Å². The number of carbonyl (C=O) groups is 2. The summed E-state index contributed by atoms with van der Waals surface area (Å²) >= 11 is 0. The number of aromatic nitrogens is 2. The number of sulfone groups is 1. The molecule has 10 nitrogen and oxygen atoms in total. The minimum Gasteiger partial charge on any atom is -0.459 e. The molecule has 2 heterocycles. The SMILES string of the molecule is CCCCC(C)(C)c1ccc(CC(N)(c2cccc(N(CC(=O)OC(C)(C)C)C(=O)OC(C)(C)C)n2)S(=O)(=O)c2ccccn2)cc1. The Morgan fingerprint density at radius 2 is 1.49 bits per heavy atom. The van der Waals surface area contributed by atoms with E-state index >= 15 is 0 Å². The van der Waals surface area contributed by atoms with Crippen molar-refractivity contribution in [1.29, 1.82) is 0 Å². The molecule has 1 atom stereocenters. The minimum absolute atomic E-state index is 0.0262. The number of anilines is 1. The van der Waals surface area contributed by atoms with Gasteiger partial charge in [0.1, 0.15) is 23.6 Å². The van der Waals surface area contributed by atoms with Crippen molar-refractivity contribution < 1.29 is 27.5 Å². The number of amides is 1. The van der Waals surface area contributed by atoms with Gasteiger partial charge in [0.2, 0.25) is 9.84 Å². The molecule has 11 heteroatoms. The molecule has 0 fully saturated rings. The van der Waals surface area contributed by atoms with E-state index < -0.39 is 44.5 Å². The number of ether oxygens (including phenoxy) is 2. The maximum absolute atomic E-state index is 14.3. The summed E-state index contributed by atoms with van der Waals surface area (Å²) in [5.74, 6) is -0.723. The number of unbranched alkanes of at least 4 members (excludes halogenated alkanes) is 1. The van der Waals surface area contributed by atoms with Gasteiger partial charge in [-0.05, 0) is 88.8 Å². The zero-order valence-electron chi connectivity index (χ0n) is 29.2. The van der Waals surface area contributed by atoms with E-state index in [0.717, 1.165) is 29.7 Å². The van der Waals surface area contributed by atoms with E-state index in [1.807, 2.05) is 24.3 Å². The lowest BCUT2D eigenvalue weighted by Gasteiger charge is -2.31. The van der Waals surface area contributed by atoms with Gasteiger partial charge in [-0.2, -0.15) is 0 Å². The first-order valence-corrected chi connectivity index (χ1v) is 17.4. The molecule has 3 aromatic rings. The van der Waals surface area contributed by atoms with Crippen LogP contribution in [0.15, 0.2) is 71.9 Å². The van der Waals surface area contributed by atoms with Crippen LogP contribution in [0.5, 0.6) is 0 Å². The zero-order valence-corrected chi connectivity index (χ0v) is 30.0. The molecule has 0 radical (unpaired) electrons. The lowest BCUT2D eigenvalue weighted by Crippen LogP contribution is -2.48. The van der Waals surface area contributed by atoms with E-state index in [-0.39, 0.29) is 28.4 Å². The first kappa shape index (κ1) is 37.6. The minimum atomic E-state index is -4.36. The van der Waals surface area contributed by atoms with Crippen LogP contribution >= 0.6 is 0 Å². The van der Waals surface area contributed by atoms with Gasteiger partial charge in [0.05, 0.1) is 5.69 Å². The van der Waals surface area contributed by atoms with Crippen LogP contribution in [0.2, 0.25) is 0 Å². The highest BCUT2D eigenvalue weighted by molar-refractivity contribution is 7.92. The molecule has 256 valence electrons.